The lowest BCUT2D eigenvalue weighted by Crippen LogP contribution is -2.09. The Bertz CT molecular complexity index is 943. The minimum Gasteiger partial charge on any atom is -0.297 e. The van der Waals surface area contributed by atoms with Crippen LogP contribution in [0.5, 0.6) is 0 Å². The van der Waals surface area contributed by atoms with Crippen LogP contribution in [0, 0.1) is 0 Å². The molecule has 0 spiro atoms. The van der Waals surface area contributed by atoms with Gasteiger partial charge in [-0.2, -0.15) is 0 Å². The third-order valence-electron chi connectivity index (χ3n) is 3.26. The number of fused-ring (bicyclic) bond motifs is 1. The maximum Gasteiger partial charge on any atom is 0.269 e. The topological polar surface area (TPSA) is 54.9 Å². The number of anilines is 1. The highest BCUT2D eigenvalue weighted by Gasteiger charge is 2.13. The number of amides is 1. The molecule has 4 nitrogen and oxygen atoms in total. The molecule has 0 radical (unpaired) electrons. The summed E-state index contributed by atoms with van der Waals surface area (Å²) in [4.78, 5) is 21.7. The largest absolute Gasteiger partial charge is 0.297 e. The van der Waals surface area contributed by atoms with Gasteiger partial charge in [-0.05, 0) is 12.1 Å². The van der Waals surface area contributed by atoms with Crippen molar-refractivity contribution in [3.8, 4) is 10.6 Å². The number of nitrogens with zero attached hydrogens (tertiary/aromatic N) is 2. The van der Waals surface area contributed by atoms with Gasteiger partial charge in [0.25, 0.3) is 5.91 Å². The summed E-state index contributed by atoms with van der Waals surface area (Å²) in [7, 11) is 0. The van der Waals surface area contributed by atoms with E-state index in [0.717, 1.165) is 20.8 Å². The molecule has 0 aliphatic rings. The number of rotatable bonds is 3. The summed E-state index contributed by atoms with van der Waals surface area (Å²) in [5.74, 6) is -0.177. The van der Waals surface area contributed by atoms with Crippen LogP contribution in [0.3, 0.4) is 0 Å². The zero-order chi connectivity index (χ0) is 15.6. The molecule has 0 saturated carbocycles. The van der Waals surface area contributed by atoms with E-state index in [9.17, 15) is 4.79 Å². The van der Waals surface area contributed by atoms with Crippen LogP contribution in [0.25, 0.3) is 20.8 Å². The summed E-state index contributed by atoms with van der Waals surface area (Å²) >= 11 is 2.84. The van der Waals surface area contributed by atoms with E-state index in [0.29, 0.717) is 10.0 Å². The maximum absolute atomic E-state index is 12.4. The van der Waals surface area contributed by atoms with Gasteiger partial charge < -0.3 is 0 Å². The molecule has 6 heteroatoms. The minimum atomic E-state index is -0.177. The lowest BCUT2D eigenvalue weighted by atomic mass is 10.2. The fourth-order valence-electron chi connectivity index (χ4n) is 2.18. The molecule has 4 rings (SSSR count). The predicted molar refractivity (Wildman–Crippen MR) is 95.1 cm³/mol. The normalized spacial score (nSPS) is 10.8. The van der Waals surface area contributed by atoms with Gasteiger partial charge in [-0.15, -0.1) is 11.3 Å². The van der Waals surface area contributed by atoms with Crippen molar-refractivity contribution in [2.24, 2.45) is 0 Å². The van der Waals surface area contributed by atoms with E-state index >= 15 is 0 Å². The smallest absolute Gasteiger partial charge is 0.269 e. The SMILES string of the molecule is O=C(Nc1nc2ccccc2s1)c1cnc(-c2ccccc2)s1. The Balaban J connectivity index is 1.56. The molecule has 0 unspecified atom stereocenters. The molecule has 0 aliphatic heterocycles. The zero-order valence-corrected chi connectivity index (χ0v) is 13.5. The summed E-state index contributed by atoms with van der Waals surface area (Å²) in [5.41, 5.74) is 1.90. The Labute approximate surface area is 140 Å². The van der Waals surface area contributed by atoms with Crippen molar-refractivity contribution in [3.05, 3.63) is 65.7 Å². The number of hydrogen-bond acceptors (Lipinski definition) is 5. The Morgan fingerprint density at radius 3 is 2.57 bits per heavy atom. The number of carbonyl (C=O) groups excluding carboxylic acids is 1. The lowest BCUT2D eigenvalue weighted by molar-refractivity contribution is 0.103. The van der Waals surface area contributed by atoms with Gasteiger partial charge in [-0.1, -0.05) is 53.8 Å². The number of nitrogens with one attached hydrogen (secondary N) is 1. The Morgan fingerprint density at radius 2 is 1.74 bits per heavy atom. The average molecular weight is 337 g/mol. The van der Waals surface area contributed by atoms with Gasteiger partial charge in [-0.3, -0.25) is 10.1 Å². The monoisotopic (exact) mass is 337 g/mol. The molecule has 4 aromatic rings. The second-order valence-electron chi connectivity index (χ2n) is 4.84. The number of para-hydroxylation sites is 1. The van der Waals surface area contributed by atoms with Gasteiger partial charge >= 0.3 is 0 Å². The molecule has 1 amide bonds. The Hall–Kier alpha value is -2.57. The maximum atomic E-state index is 12.4. The van der Waals surface area contributed by atoms with Crippen molar-refractivity contribution < 1.29 is 4.79 Å². The van der Waals surface area contributed by atoms with Crippen molar-refractivity contribution in [1.29, 1.82) is 0 Å². The molecule has 2 heterocycles. The molecule has 2 aromatic heterocycles. The summed E-state index contributed by atoms with van der Waals surface area (Å²) < 4.78 is 1.05. The van der Waals surface area contributed by atoms with Gasteiger partial charge in [0.15, 0.2) is 5.13 Å². The van der Waals surface area contributed by atoms with Crippen LogP contribution in [0.1, 0.15) is 9.67 Å². The molecule has 0 fully saturated rings. The predicted octanol–water partition coefficient (Wildman–Crippen LogP) is 4.67. The first-order valence-corrected chi connectivity index (χ1v) is 8.61. The third kappa shape index (κ3) is 2.86. The highest BCUT2D eigenvalue weighted by atomic mass is 32.1. The van der Waals surface area contributed by atoms with Crippen LogP contribution in [-0.4, -0.2) is 15.9 Å². The van der Waals surface area contributed by atoms with Crippen molar-refractivity contribution in [1.82, 2.24) is 9.97 Å². The van der Waals surface area contributed by atoms with Crippen molar-refractivity contribution in [2.75, 3.05) is 5.32 Å². The third-order valence-corrected chi connectivity index (χ3v) is 5.26. The second kappa shape index (κ2) is 5.91. The number of thiazole rings is 2. The van der Waals surface area contributed by atoms with Gasteiger partial charge in [0.2, 0.25) is 0 Å². The molecule has 2 aromatic carbocycles. The van der Waals surface area contributed by atoms with Crippen LogP contribution in [0.15, 0.2) is 60.8 Å². The highest BCUT2D eigenvalue weighted by Crippen LogP contribution is 2.28. The molecule has 23 heavy (non-hydrogen) atoms. The minimum absolute atomic E-state index is 0.177. The number of benzene rings is 2. The van der Waals surface area contributed by atoms with E-state index in [-0.39, 0.29) is 5.91 Å². The quantitative estimate of drug-likeness (QED) is 0.591. The van der Waals surface area contributed by atoms with E-state index in [1.54, 1.807) is 6.20 Å². The first-order valence-electron chi connectivity index (χ1n) is 6.98. The van der Waals surface area contributed by atoms with Gasteiger partial charge in [0.05, 0.1) is 16.4 Å². The van der Waals surface area contributed by atoms with Crippen molar-refractivity contribution >= 4 is 43.9 Å². The van der Waals surface area contributed by atoms with Crippen molar-refractivity contribution in [3.63, 3.8) is 0 Å². The van der Waals surface area contributed by atoms with E-state index in [1.165, 1.54) is 22.7 Å². The van der Waals surface area contributed by atoms with Crippen molar-refractivity contribution in [2.45, 2.75) is 0 Å². The number of carbonyl (C=O) groups is 1. The van der Waals surface area contributed by atoms with E-state index in [4.69, 9.17) is 0 Å². The van der Waals surface area contributed by atoms with Crippen LogP contribution in [0.2, 0.25) is 0 Å². The van der Waals surface area contributed by atoms with Gasteiger partial charge in [0, 0.05) is 5.56 Å². The number of aromatic nitrogens is 2. The number of hydrogen-bond donors (Lipinski definition) is 1. The summed E-state index contributed by atoms with van der Waals surface area (Å²) in [6, 6.07) is 17.6. The molecule has 0 saturated heterocycles. The standard InChI is InChI=1S/C17H11N3OS2/c21-15(20-17-19-12-8-4-5-9-13(12)23-17)14-10-18-16(22-14)11-6-2-1-3-7-11/h1-10H,(H,19,20,21). The van der Waals surface area contributed by atoms with Crippen LogP contribution < -0.4 is 5.32 Å². The molecule has 0 aliphatic carbocycles. The van der Waals surface area contributed by atoms with Gasteiger partial charge in [0.1, 0.15) is 9.88 Å². The highest BCUT2D eigenvalue weighted by molar-refractivity contribution is 7.22. The first-order chi connectivity index (χ1) is 11.3. The molecular formula is C17H11N3OS2. The summed E-state index contributed by atoms with van der Waals surface area (Å²) in [5, 5.41) is 4.29. The van der Waals surface area contributed by atoms with E-state index in [1.807, 2.05) is 54.6 Å². The fraction of sp³-hybridized carbons (Fsp3) is 0. The summed E-state index contributed by atoms with van der Waals surface area (Å²) in [6.07, 6.45) is 1.61. The van der Waals surface area contributed by atoms with E-state index < -0.39 is 0 Å². The zero-order valence-electron chi connectivity index (χ0n) is 11.9. The molecule has 0 atom stereocenters. The summed E-state index contributed by atoms with van der Waals surface area (Å²) in [6.45, 7) is 0. The molecular weight excluding hydrogens is 326 g/mol. The van der Waals surface area contributed by atoms with Crippen LogP contribution in [-0.2, 0) is 0 Å². The van der Waals surface area contributed by atoms with Crippen LogP contribution >= 0.6 is 22.7 Å². The fourth-order valence-corrected chi connectivity index (χ4v) is 3.86. The van der Waals surface area contributed by atoms with E-state index in [2.05, 4.69) is 15.3 Å². The Morgan fingerprint density at radius 1 is 0.957 bits per heavy atom. The molecule has 1 N–H and O–H groups in total. The van der Waals surface area contributed by atoms with Gasteiger partial charge in [-0.25, -0.2) is 9.97 Å². The molecule has 0 bridgehead atoms. The second-order valence-corrected chi connectivity index (χ2v) is 6.90. The molecule has 112 valence electrons. The van der Waals surface area contributed by atoms with Crippen LogP contribution in [0.4, 0.5) is 5.13 Å². The average Bonchev–Trinajstić information content (AvgIpc) is 3.22. The lowest BCUT2D eigenvalue weighted by Gasteiger charge is -1.97. The Kier molecular flexibility index (Phi) is 3.61. The first kappa shape index (κ1) is 14.0.